The van der Waals surface area contributed by atoms with Gasteiger partial charge in [-0.2, -0.15) is 0 Å². The normalized spacial score (nSPS) is 11.1. The summed E-state index contributed by atoms with van der Waals surface area (Å²) in [5.74, 6) is 1.13. The van der Waals surface area contributed by atoms with Crippen molar-refractivity contribution >= 4 is 11.6 Å². The first-order valence-electron chi connectivity index (χ1n) is 8.63. The van der Waals surface area contributed by atoms with Crippen LogP contribution in [0.4, 0.5) is 5.69 Å². The number of nitrogens with one attached hydrogen (secondary N) is 1. The molecule has 0 aromatic heterocycles. The van der Waals surface area contributed by atoms with Gasteiger partial charge in [0.15, 0.2) is 6.61 Å². The Hall–Kier alpha value is -2.53. The predicted molar refractivity (Wildman–Crippen MR) is 103 cm³/mol. The molecule has 2 aromatic carbocycles. The van der Waals surface area contributed by atoms with Crippen LogP contribution in [0.2, 0.25) is 0 Å². The highest BCUT2D eigenvalue weighted by atomic mass is 16.5. The highest BCUT2D eigenvalue weighted by molar-refractivity contribution is 5.92. The lowest BCUT2D eigenvalue weighted by Crippen LogP contribution is -2.20. The fraction of sp³-hybridized carbons (Fsp3) is 0.381. The monoisotopic (exact) mass is 357 g/mol. The summed E-state index contributed by atoms with van der Waals surface area (Å²) in [6.07, 6.45) is 0. The van der Waals surface area contributed by atoms with Crippen LogP contribution in [0, 0.1) is 0 Å². The number of methoxy groups -OCH3 is 1. The van der Waals surface area contributed by atoms with Crippen LogP contribution < -0.4 is 14.8 Å². The van der Waals surface area contributed by atoms with Crippen LogP contribution in [0.15, 0.2) is 48.5 Å². The Balaban J connectivity index is 1.84. The van der Waals surface area contributed by atoms with E-state index in [1.807, 2.05) is 36.4 Å². The van der Waals surface area contributed by atoms with E-state index in [0.29, 0.717) is 30.4 Å². The van der Waals surface area contributed by atoms with E-state index >= 15 is 0 Å². The van der Waals surface area contributed by atoms with Gasteiger partial charge in [-0.15, -0.1) is 0 Å². The second-order valence-corrected chi connectivity index (χ2v) is 6.98. The van der Waals surface area contributed by atoms with Gasteiger partial charge in [0.1, 0.15) is 18.1 Å². The Morgan fingerprint density at radius 1 is 0.962 bits per heavy atom. The topological polar surface area (TPSA) is 56.8 Å². The highest BCUT2D eigenvalue weighted by Crippen LogP contribution is 2.24. The molecule has 140 valence electrons. The van der Waals surface area contributed by atoms with E-state index in [4.69, 9.17) is 14.2 Å². The molecule has 0 saturated carbocycles. The molecule has 5 heteroatoms. The molecule has 0 bridgehead atoms. The quantitative estimate of drug-likeness (QED) is 0.725. The molecule has 0 atom stereocenters. The summed E-state index contributed by atoms with van der Waals surface area (Å²) in [5.41, 5.74) is 1.97. The van der Waals surface area contributed by atoms with Gasteiger partial charge >= 0.3 is 0 Å². The first-order valence-corrected chi connectivity index (χ1v) is 8.63. The van der Waals surface area contributed by atoms with Gasteiger partial charge in [0.25, 0.3) is 5.91 Å². The third kappa shape index (κ3) is 6.41. The fourth-order valence-electron chi connectivity index (χ4n) is 2.30. The highest BCUT2D eigenvalue weighted by Gasteiger charge is 2.13. The molecular weight excluding hydrogens is 330 g/mol. The number of hydrogen-bond acceptors (Lipinski definition) is 4. The smallest absolute Gasteiger partial charge is 0.262 e. The van der Waals surface area contributed by atoms with Crippen LogP contribution in [-0.2, 0) is 14.9 Å². The Bertz CT molecular complexity index is 705. The molecule has 5 nitrogen and oxygen atoms in total. The van der Waals surface area contributed by atoms with Gasteiger partial charge in [-0.1, -0.05) is 39.0 Å². The van der Waals surface area contributed by atoms with E-state index in [-0.39, 0.29) is 17.9 Å². The van der Waals surface area contributed by atoms with Crippen molar-refractivity contribution in [1.29, 1.82) is 0 Å². The summed E-state index contributed by atoms with van der Waals surface area (Å²) in [6.45, 7) is 7.39. The molecule has 0 unspecified atom stereocenters. The van der Waals surface area contributed by atoms with E-state index in [0.717, 1.165) is 0 Å². The number of carbonyl (C=O) groups excluding carboxylic acids is 1. The molecule has 0 aliphatic rings. The molecule has 0 saturated heterocycles. The minimum Gasteiger partial charge on any atom is -0.491 e. The Morgan fingerprint density at radius 3 is 2.35 bits per heavy atom. The van der Waals surface area contributed by atoms with Crippen LogP contribution in [0.25, 0.3) is 0 Å². The number of benzene rings is 2. The molecule has 0 heterocycles. The molecule has 2 aromatic rings. The maximum absolute atomic E-state index is 12.1. The fourth-order valence-corrected chi connectivity index (χ4v) is 2.30. The van der Waals surface area contributed by atoms with Gasteiger partial charge in [-0.3, -0.25) is 4.79 Å². The van der Waals surface area contributed by atoms with E-state index in [9.17, 15) is 4.79 Å². The van der Waals surface area contributed by atoms with Crippen molar-refractivity contribution in [1.82, 2.24) is 0 Å². The third-order valence-electron chi connectivity index (χ3n) is 3.76. The first kappa shape index (κ1) is 19.8. The lowest BCUT2D eigenvalue weighted by molar-refractivity contribution is -0.118. The first-order chi connectivity index (χ1) is 12.4. The SMILES string of the molecule is COCCOc1cccc(NC(=O)COc2ccc(C(C)(C)C)cc2)c1. The van der Waals surface area contributed by atoms with E-state index in [1.54, 1.807) is 19.2 Å². The van der Waals surface area contributed by atoms with Gasteiger partial charge in [-0.05, 0) is 35.2 Å². The van der Waals surface area contributed by atoms with E-state index in [2.05, 4.69) is 26.1 Å². The lowest BCUT2D eigenvalue weighted by Gasteiger charge is -2.19. The minimum atomic E-state index is -0.223. The maximum Gasteiger partial charge on any atom is 0.262 e. The van der Waals surface area contributed by atoms with Gasteiger partial charge < -0.3 is 19.5 Å². The minimum absolute atomic E-state index is 0.0520. The van der Waals surface area contributed by atoms with Crippen LogP contribution in [0.5, 0.6) is 11.5 Å². The Labute approximate surface area is 155 Å². The average Bonchev–Trinajstić information content (AvgIpc) is 2.60. The number of carbonyl (C=O) groups is 1. The summed E-state index contributed by atoms with van der Waals surface area (Å²) >= 11 is 0. The summed E-state index contributed by atoms with van der Waals surface area (Å²) < 4.78 is 16.0. The molecule has 2 rings (SSSR count). The predicted octanol–water partition coefficient (Wildman–Crippen LogP) is 4.03. The van der Waals surface area contributed by atoms with Crippen molar-refractivity contribution in [2.45, 2.75) is 26.2 Å². The molecule has 0 fully saturated rings. The van der Waals surface area contributed by atoms with Gasteiger partial charge in [0, 0.05) is 18.9 Å². The molecule has 0 spiro atoms. The van der Waals surface area contributed by atoms with Crippen molar-refractivity contribution < 1.29 is 19.0 Å². The second kappa shape index (κ2) is 9.25. The van der Waals surface area contributed by atoms with Gasteiger partial charge in [0.2, 0.25) is 0 Å². The molecule has 0 aliphatic heterocycles. The van der Waals surface area contributed by atoms with Crippen molar-refractivity contribution in [3.63, 3.8) is 0 Å². The Kier molecular flexibility index (Phi) is 7.04. The van der Waals surface area contributed by atoms with Crippen molar-refractivity contribution in [3.05, 3.63) is 54.1 Å². The summed E-state index contributed by atoms with van der Waals surface area (Å²) in [6, 6.07) is 15.0. The van der Waals surface area contributed by atoms with Crippen molar-refractivity contribution in [2.75, 3.05) is 32.2 Å². The zero-order chi connectivity index (χ0) is 19.0. The zero-order valence-electron chi connectivity index (χ0n) is 15.9. The molecule has 26 heavy (non-hydrogen) atoms. The number of hydrogen-bond donors (Lipinski definition) is 1. The zero-order valence-corrected chi connectivity index (χ0v) is 15.9. The van der Waals surface area contributed by atoms with Crippen LogP contribution in [0.3, 0.4) is 0 Å². The van der Waals surface area contributed by atoms with E-state index < -0.39 is 0 Å². The number of ether oxygens (including phenoxy) is 3. The summed E-state index contributed by atoms with van der Waals surface area (Å²) in [7, 11) is 1.62. The molecule has 0 aliphatic carbocycles. The molecule has 0 radical (unpaired) electrons. The maximum atomic E-state index is 12.1. The average molecular weight is 357 g/mol. The number of amides is 1. The summed E-state index contributed by atoms with van der Waals surface area (Å²) in [5, 5.41) is 2.80. The van der Waals surface area contributed by atoms with Crippen molar-refractivity contribution in [3.8, 4) is 11.5 Å². The standard InChI is InChI=1S/C21H27NO4/c1-21(2,3)16-8-10-18(11-9-16)26-15-20(23)22-17-6-5-7-19(14-17)25-13-12-24-4/h5-11,14H,12-13,15H2,1-4H3,(H,22,23). The summed E-state index contributed by atoms with van der Waals surface area (Å²) in [4.78, 5) is 12.1. The number of rotatable bonds is 8. The molecular formula is C21H27NO4. The lowest BCUT2D eigenvalue weighted by atomic mass is 9.87. The Morgan fingerprint density at radius 2 is 1.69 bits per heavy atom. The second-order valence-electron chi connectivity index (χ2n) is 6.98. The van der Waals surface area contributed by atoms with E-state index in [1.165, 1.54) is 5.56 Å². The molecule has 1 amide bonds. The third-order valence-corrected chi connectivity index (χ3v) is 3.76. The van der Waals surface area contributed by atoms with Crippen LogP contribution >= 0.6 is 0 Å². The van der Waals surface area contributed by atoms with Crippen LogP contribution in [0.1, 0.15) is 26.3 Å². The van der Waals surface area contributed by atoms with Gasteiger partial charge in [0.05, 0.1) is 6.61 Å². The van der Waals surface area contributed by atoms with Gasteiger partial charge in [-0.25, -0.2) is 0 Å². The van der Waals surface area contributed by atoms with Crippen LogP contribution in [-0.4, -0.2) is 32.8 Å². The molecule has 1 N–H and O–H groups in total. The largest absolute Gasteiger partial charge is 0.491 e. The van der Waals surface area contributed by atoms with Crippen molar-refractivity contribution in [2.24, 2.45) is 0 Å². The number of anilines is 1.